The van der Waals surface area contributed by atoms with Gasteiger partial charge in [0, 0.05) is 5.69 Å². The number of thiophene rings is 1. The summed E-state index contributed by atoms with van der Waals surface area (Å²) < 4.78 is 5.11. The lowest BCUT2D eigenvalue weighted by atomic mass is 10.3. The van der Waals surface area contributed by atoms with Crippen LogP contribution in [-0.4, -0.2) is 24.4 Å². The fourth-order valence-electron chi connectivity index (χ4n) is 2.23. The molecule has 0 unspecified atom stereocenters. The molecule has 0 saturated heterocycles. The molecule has 4 amide bonds. The van der Waals surface area contributed by atoms with Gasteiger partial charge in [0.05, 0.1) is 29.2 Å². The van der Waals surface area contributed by atoms with E-state index in [4.69, 9.17) is 4.42 Å². The minimum atomic E-state index is -0.405. The second-order valence-electron chi connectivity index (χ2n) is 5.65. The Bertz CT molecular complexity index is 938. The molecular formula is C19H18N4O4S. The minimum Gasteiger partial charge on any atom is -0.467 e. The smallest absolute Gasteiger partial charge is 0.324 e. The van der Waals surface area contributed by atoms with Gasteiger partial charge < -0.3 is 20.4 Å². The van der Waals surface area contributed by atoms with E-state index in [1.54, 1.807) is 36.4 Å². The Morgan fingerprint density at radius 2 is 1.71 bits per heavy atom. The Morgan fingerprint density at radius 1 is 0.893 bits per heavy atom. The fourth-order valence-corrected chi connectivity index (χ4v) is 3.05. The van der Waals surface area contributed by atoms with Crippen LogP contribution in [0.15, 0.2) is 65.3 Å². The van der Waals surface area contributed by atoms with E-state index >= 15 is 0 Å². The van der Waals surface area contributed by atoms with Crippen LogP contribution in [-0.2, 0) is 11.3 Å². The van der Waals surface area contributed by atoms with Crippen molar-refractivity contribution in [3.05, 3.63) is 71.5 Å². The van der Waals surface area contributed by atoms with Gasteiger partial charge in [0.1, 0.15) is 5.76 Å². The van der Waals surface area contributed by atoms with Crippen molar-refractivity contribution >= 4 is 39.9 Å². The summed E-state index contributed by atoms with van der Waals surface area (Å²) in [5.74, 6) is -0.0982. The number of carbonyl (C=O) groups excluding carboxylic acids is 3. The number of amides is 4. The Kier molecular flexibility index (Phi) is 6.42. The van der Waals surface area contributed by atoms with Crippen LogP contribution in [0.5, 0.6) is 0 Å². The van der Waals surface area contributed by atoms with Gasteiger partial charge in [-0.15, -0.1) is 11.3 Å². The molecule has 28 heavy (non-hydrogen) atoms. The maximum absolute atomic E-state index is 12.1. The van der Waals surface area contributed by atoms with Crippen molar-refractivity contribution in [2.75, 3.05) is 17.2 Å². The van der Waals surface area contributed by atoms with Gasteiger partial charge in [-0.25, -0.2) is 4.79 Å². The van der Waals surface area contributed by atoms with Crippen molar-refractivity contribution in [3.8, 4) is 0 Å². The highest BCUT2D eigenvalue weighted by Crippen LogP contribution is 2.22. The van der Waals surface area contributed by atoms with E-state index in [0.29, 0.717) is 21.3 Å². The molecule has 144 valence electrons. The zero-order valence-corrected chi connectivity index (χ0v) is 15.5. The molecule has 0 radical (unpaired) electrons. The van der Waals surface area contributed by atoms with Crippen molar-refractivity contribution in [2.24, 2.45) is 0 Å². The van der Waals surface area contributed by atoms with Crippen LogP contribution in [0.2, 0.25) is 0 Å². The van der Waals surface area contributed by atoms with E-state index in [-0.39, 0.29) is 19.0 Å². The van der Waals surface area contributed by atoms with E-state index in [9.17, 15) is 14.4 Å². The third kappa shape index (κ3) is 5.71. The Hall–Kier alpha value is -3.59. The SMILES string of the molecule is O=C(CNC(=O)c1ccc(NC(=O)Nc2ccccc2)s1)NCc1ccco1. The largest absolute Gasteiger partial charge is 0.467 e. The fraction of sp³-hybridized carbons (Fsp3) is 0.105. The number of rotatable bonds is 7. The number of hydrogen-bond acceptors (Lipinski definition) is 5. The van der Waals surface area contributed by atoms with Gasteiger partial charge in [0.25, 0.3) is 5.91 Å². The Balaban J connectivity index is 1.43. The molecule has 2 heterocycles. The summed E-state index contributed by atoms with van der Waals surface area (Å²) in [6, 6.07) is 15.3. The zero-order valence-electron chi connectivity index (χ0n) is 14.7. The van der Waals surface area contributed by atoms with E-state index in [1.807, 2.05) is 18.2 Å². The Labute approximate surface area is 164 Å². The maximum Gasteiger partial charge on any atom is 0.324 e. The molecule has 0 aliphatic heterocycles. The van der Waals surface area contributed by atoms with E-state index in [0.717, 1.165) is 11.3 Å². The standard InChI is InChI=1S/C19H18N4O4S/c24-16(20-11-14-7-4-10-27-14)12-21-18(25)15-8-9-17(28-15)23-19(26)22-13-5-2-1-3-6-13/h1-10H,11-12H2,(H,20,24)(H,21,25)(H2,22,23,26). The first-order valence-corrected chi connectivity index (χ1v) is 9.22. The highest BCUT2D eigenvalue weighted by molar-refractivity contribution is 7.18. The molecule has 0 bridgehead atoms. The van der Waals surface area contributed by atoms with Crippen molar-refractivity contribution in [1.29, 1.82) is 0 Å². The molecule has 0 fully saturated rings. The van der Waals surface area contributed by atoms with E-state index in [2.05, 4.69) is 21.3 Å². The first kappa shape index (κ1) is 19.2. The predicted octanol–water partition coefficient (Wildman–Crippen LogP) is 3.03. The first-order valence-electron chi connectivity index (χ1n) is 8.40. The molecule has 0 atom stereocenters. The molecule has 3 aromatic rings. The molecule has 0 spiro atoms. The molecule has 8 nitrogen and oxygen atoms in total. The number of hydrogen-bond donors (Lipinski definition) is 4. The summed E-state index contributed by atoms with van der Waals surface area (Å²) in [5.41, 5.74) is 0.662. The molecule has 4 N–H and O–H groups in total. The number of carbonyl (C=O) groups is 3. The second-order valence-corrected chi connectivity index (χ2v) is 6.73. The number of furan rings is 1. The number of para-hydroxylation sites is 1. The highest BCUT2D eigenvalue weighted by atomic mass is 32.1. The zero-order chi connectivity index (χ0) is 19.8. The van der Waals surface area contributed by atoms with E-state index < -0.39 is 11.9 Å². The average Bonchev–Trinajstić information content (AvgIpc) is 3.37. The number of urea groups is 1. The van der Waals surface area contributed by atoms with Gasteiger partial charge in [-0.2, -0.15) is 0 Å². The van der Waals surface area contributed by atoms with Crippen LogP contribution < -0.4 is 21.3 Å². The second kappa shape index (κ2) is 9.38. The predicted molar refractivity (Wildman–Crippen MR) is 106 cm³/mol. The summed E-state index contributed by atoms with van der Waals surface area (Å²) in [6.45, 7) is 0.0972. The summed E-state index contributed by atoms with van der Waals surface area (Å²) in [5, 5.41) is 11.0. The molecule has 0 aliphatic rings. The third-order valence-electron chi connectivity index (χ3n) is 3.55. The summed E-state index contributed by atoms with van der Waals surface area (Å²) in [7, 11) is 0. The number of anilines is 2. The lowest BCUT2D eigenvalue weighted by molar-refractivity contribution is -0.120. The Morgan fingerprint density at radius 3 is 2.46 bits per heavy atom. The molecule has 2 aromatic heterocycles. The van der Waals surface area contributed by atoms with Crippen LogP contribution in [0, 0.1) is 0 Å². The van der Waals surface area contributed by atoms with Crippen molar-refractivity contribution in [3.63, 3.8) is 0 Å². The van der Waals surface area contributed by atoms with Crippen molar-refractivity contribution < 1.29 is 18.8 Å². The molecule has 9 heteroatoms. The maximum atomic E-state index is 12.1. The summed E-state index contributed by atoms with van der Waals surface area (Å²) >= 11 is 1.11. The lowest BCUT2D eigenvalue weighted by Crippen LogP contribution is -2.36. The van der Waals surface area contributed by atoms with Gasteiger partial charge in [0.2, 0.25) is 5.91 Å². The van der Waals surface area contributed by atoms with Crippen LogP contribution in [0.3, 0.4) is 0 Å². The highest BCUT2D eigenvalue weighted by Gasteiger charge is 2.12. The molecule has 3 rings (SSSR count). The molecule has 0 saturated carbocycles. The average molecular weight is 398 g/mol. The van der Waals surface area contributed by atoms with Crippen LogP contribution >= 0.6 is 11.3 Å². The molecular weight excluding hydrogens is 380 g/mol. The van der Waals surface area contributed by atoms with Crippen LogP contribution in [0.4, 0.5) is 15.5 Å². The van der Waals surface area contributed by atoms with Gasteiger partial charge in [-0.05, 0) is 36.4 Å². The van der Waals surface area contributed by atoms with Gasteiger partial charge in [-0.3, -0.25) is 14.9 Å². The number of nitrogens with one attached hydrogen (secondary N) is 4. The quantitative estimate of drug-likeness (QED) is 0.490. The summed E-state index contributed by atoms with van der Waals surface area (Å²) in [6.07, 6.45) is 1.52. The van der Waals surface area contributed by atoms with E-state index in [1.165, 1.54) is 6.26 Å². The summed E-state index contributed by atoms with van der Waals surface area (Å²) in [4.78, 5) is 36.3. The minimum absolute atomic E-state index is 0.158. The van der Waals surface area contributed by atoms with Crippen LogP contribution in [0.1, 0.15) is 15.4 Å². The van der Waals surface area contributed by atoms with Crippen molar-refractivity contribution in [1.82, 2.24) is 10.6 Å². The monoisotopic (exact) mass is 398 g/mol. The lowest BCUT2D eigenvalue weighted by Gasteiger charge is -2.06. The molecule has 1 aromatic carbocycles. The number of benzene rings is 1. The normalized spacial score (nSPS) is 10.1. The third-order valence-corrected chi connectivity index (χ3v) is 4.55. The van der Waals surface area contributed by atoms with Gasteiger partial charge >= 0.3 is 6.03 Å². The van der Waals surface area contributed by atoms with Crippen LogP contribution in [0.25, 0.3) is 0 Å². The van der Waals surface area contributed by atoms with Gasteiger partial charge in [-0.1, -0.05) is 18.2 Å². The molecule has 0 aliphatic carbocycles. The first-order chi connectivity index (χ1) is 13.6. The topological polar surface area (TPSA) is 112 Å². The van der Waals surface area contributed by atoms with Crippen molar-refractivity contribution in [2.45, 2.75) is 6.54 Å². The van der Waals surface area contributed by atoms with Gasteiger partial charge in [0.15, 0.2) is 0 Å².